The van der Waals surface area contributed by atoms with Crippen molar-refractivity contribution < 1.29 is 27.9 Å². The molecule has 0 aliphatic carbocycles. The second kappa shape index (κ2) is 13.8. The molecule has 47 heavy (non-hydrogen) atoms. The van der Waals surface area contributed by atoms with Gasteiger partial charge in [0.15, 0.2) is 0 Å². The summed E-state index contributed by atoms with van der Waals surface area (Å²) in [5, 5.41) is 13.7. The van der Waals surface area contributed by atoms with E-state index in [1.165, 1.54) is 0 Å². The Morgan fingerprint density at radius 2 is 1.83 bits per heavy atom. The van der Waals surface area contributed by atoms with Crippen LogP contribution in [0.5, 0.6) is 11.8 Å². The molecule has 5 atom stereocenters. The quantitative estimate of drug-likeness (QED) is 0.281. The molecule has 3 aromatic rings. The van der Waals surface area contributed by atoms with Gasteiger partial charge in [0, 0.05) is 32.0 Å². The molecule has 2 aromatic heterocycles. The lowest BCUT2D eigenvalue weighted by Gasteiger charge is -2.38. The number of alkyl halides is 1. The van der Waals surface area contributed by atoms with Gasteiger partial charge >= 0.3 is 6.09 Å². The number of amides is 1. The lowest BCUT2D eigenvalue weighted by Crippen LogP contribution is -2.50. The van der Waals surface area contributed by atoms with Crippen molar-refractivity contribution in [3.05, 3.63) is 47.9 Å². The Balaban J connectivity index is 1.41. The average molecular weight is 650 g/mol. The summed E-state index contributed by atoms with van der Waals surface area (Å²) in [6.45, 7) is 12.0. The third kappa shape index (κ3) is 8.16. The van der Waals surface area contributed by atoms with Crippen LogP contribution in [0, 0.1) is 11.3 Å². The highest BCUT2D eigenvalue weighted by Gasteiger charge is 2.37. The molecule has 1 amide bonds. The fourth-order valence-electron chi connectivity index (χ4n) is 6.11. The normalized spacial score (nSPS) is 22.8. The molecule has 5 rings (SSSR count). The summed E-state index contributed by atoms with van der Waals surface area (Å²) in [7, 11) is 1.88. The number of benzene rings is 1. The van der Waals surface area contributed by atoms with E-state index >= 15 is 0 Å². The first-order valence-electron chi connectivity index (χ1n) is 16.1. The second-order valence-corrected chi connectivity index (χ2v) is 13.9. The lowest BCUT2D eigenvalue weighted by molar-refractivity contribution is -0.00382. The van der Waals surface area contributed by atoms with E-state index in [0.717, 1.165) is 5.56 Å². The number of aromatic nitrogens is 4. The van der Waals surface area contributed by atoms with Gasteiger partial charge < -0.3 is 23.6 Å². The fourth-order valence-corrected chi connectivity index (χ4v) is 6.11. The maximum Gasteiger partial charge on any atom is 0.410 e. The van der Waals surface area contributed by atoms with Gasteiger partial charge in [-0.1, -0.05) is 35.5 Å². The molecule has 0 bridgehead atoms. The first kappa shape index (κ1) is 34.0. The number of carbonyl (C=O) groups excluding carboxylic acids is 1. The maximum atomic E-state index is 14.2. The maximum absolute atomic E-state index is 14.2. The molecule has 4 heterocycles. The molecular formula is C34H44FN7O5. The molecule has 0 N–H and O–H groups in total. The monoisotopic (exact) mass is 649 g/mol. The Bertz CT molecular complexity index is 1570. The van der Waals surface area contributed by atoms with Crippen molar-refractivity contribution >= 4 is 6.09 Å². The van der Waals surface area contributed by atoms with Crippen LogP contribution < -0.4 is 9.47 Å². The minimum atomic E-state index is -0.922. The van der Waals surface area contributed by atoms with E-state index in [0.29, 0.717) is 38.2 Å². The Labute approximate surface area is 275 Å². The molecule has 0 radical (unpaired) electrons. The highest BCUT2D eigenvalue weighted by molar-refractivity contribution is 5.68. The standard InChI is InChI=1S/C34H44FN7O5/c1-21(26-17-23(35)20-41(26)7)44-27-19-28(45-25-14-16-42(24(18-25)13-15-36)32(43)46-33(2,3)4)38-29(37-27)30-39-31(47-40-30)34(5,6)22-11-9-8-10-12-22/h8-12,19,21,23-26H,13-14,16-18,20H2,1-7H3/t21-,23+,24+,25-,26-/m0/s1. The van der Waals surface area contributed by atoms with Crippen molar-refractivity contribution in [2.24, 2.45) is 0 Å². The van der Waals surface area contributed by atoms with Gasteiger partial charge in [0.05, 0.1) is 30.0 Å². The number of hydrogen-bond donors (Lipinski definition) is 0. The molecule has 0 saturated carbocycles. The predicted octanol–water partition coefficient (Wildman–Crippen LogP) is 5.72. The number of ether oxygens (including phenoxy) is 3. The van der Waals surface area contributed by atoms with Crippen LogP contribution in [-0.2, 0) is 10.2 Å². The summed E-state index contributed by atoms with van der Waals surface area (Å²) in [6, 6.07) is 13.1. The summed E-state index contributed by atoms with van der Waals surface area (Å²) in [5.41, 5.74) is -0.235. The van der Waals surface area contributed by atoms with Crippen molar-refractivity contribution in [1.82, 2.24) is 29.9 Å². The molecular weight excluding hydrogens is 605 g/mol. The molecule has 2 aliphatic heterocycles. The Morgan fingerprint density at radius 1 is 1.11 bits per heavy atom. The molecule has 1 aromatic carbocycles. The van der Waals surface area contributed by atoms with Crippen LogP contribution in [0.4, 0.5) is 9.18 Å². The number of piperidine rings is 1. The molecule has 0 unspecified atom stereocenters. The third-order valence-electron chi connectivity index (χ3n) is 8.64. The van der Waals surface area contributed by atoms with E-state index in [-0.39, 0.29) is 48.1 Å². The molecule has 2 saturated heterocycles. The molecule has 0 spiro atoms. The zero-order valence-electron chi connectivity index (χ0n) is 28.1. The topological polar surface area (TPSA) is 140 Å². The SMILES string of the molecule is C[C@H](Oc1cc(O[C@H]2CCN(C(=O)OC(C)(C)C)[C@H](CC#N)C2)nc(-c2noc(C(C)(C)c3ccccc3)n2)n1)[C@@H]1C[C@@H](F)CN1C. The van der Waals surface area contributed by atoms with E-state index in [9.17, 15) is 14.4 Å². The van der Waals surface area contributed by atoms with Gasteiger partial charge in [0.2, 0.25) is 29.3 Å². The van der Waals surface area contributed by atoms with Crippen molar-refractivity contribution in [2.75, 3.05) is 20.1 Å². The third-order valence-corrected chi connectivity index (χ3v) is 8.64. The van der Waals surface area contributed by atoms with Crippen LogP contribution in [0.15, 0.2) is 40.9 Å². The van der Waals surface area contributed by atoms with Crippen molar-refractivity contribution in [2.45, 2.75) is 109 Å². The molecule has 2 aliphatic rings. The smallest absolute Gasteiger partial charge is 0.410 e. The van der Waals surface area contributed by atoms with Crippen LogP contribution in [0.1, 0.15) is 78.7 Å². The number of nitriles is 1. The summed E-state index contributed by atoms with van der Waals surface area (Å²) >= 11 is 0. The Kier molecular flexibility index (Phi) is 10.0. The van der Waals surface area contributed by atoms with Gasteiger partial charge in [-0.3, -0.25) is 4.90 Å². The van der Waals surface area contributed by atoms with Gasteiger partial charge in [-0.05, 0) is 60.6 Å². The highest BCUT2D eigenvalue weighted by atomic mass is 19.1. The number of rotatable bonds is 9. The molecule has 12 nitrogen and oxygen atoms in total. The van der Waals surface area contributed by atoms with Gasteiger partial charge in [0.25, 0.3) is 0 Å². The number of halogens is 1. The average Bonchev–Trinajstić information content (AvgIpc) is 3.64. The van der Waals surface area contributed by atoms with Gasteiger partial charge in [0.1, 0.15) is 24.0 Å². The van der Waals surface area contributed by atoms with Crippen LogP contribution in [0.3, 0.4) is 0 Å². The Hall–Kier alpha value is -4.31. The van der Waals surface area contributed by atoms with Crippen molar-refractivity contribution in [1.29, 1.82) is 5.26 Å². The zero-order chi connectivity index (χ0) is 33.9. The highest BCUT2D eigenvalue weighted by Crippen LogP contribution is 2.33. The summed E-state index contributed by atoms with van der Waals surface area (Å²) in [6.07, 6.45) is -0.724. The number of hydrogen-bond acceptors (Lipinski definition) is 11. The minimum Gasteiger partial charge on any atom is -0.474 e. The van der Waals surface area contributed by atoms with E-state index < -0.39 is 29.3 Å². The molecule has 2 fully saturated rings. The van der Waals surface area contributed by atoms with E-state index in [1.807, 2.05) is 83.8 Å². The predicted molar refractivity (Wildman–Crippen MR) is 171 cm³/mol. The molecule has 252 valence electrons. The van der Waals surface area contributed by atoms with E-state index in [2.05, 4.69) is 26.2 Å². The van der Waals surface area contributed by atoms with E-state index in [1.54, 1.807) is 11.0 Å². The summed E-state index contributed by atoms with van der Waals surface area (Å²) < 4.78 is 38.1. The van der Waals surface area contributed by atoms with E-state index in [4.69, 9.17) is 18.7 Å². The molecule has 13 heteroatoms. The number of carbonyl (C=O) groups is 1. The minimum absolute atomic E-state index is 0.132. The van der Waals surface area contributed by atoms with Crippen molar-refractivity contribution in [3.8, 4) is 29.5 Å². The van der Waals surface area contributed by atoms with Crippen LogP contribution in [0.25, 0.3) is 11.6 Å². The van der Waals surface area contributed by atoms with Crippen LogP contribution >= 0.6 is 0 Å². The first-order chi connectivity index (χ1) is 22.2. The van der Waals surface area contributed by atoms with Crippen molar-refractivity contribution in [3.63, 3.8) is 0 Å². The zero-order valence-corrected chi connectivity index (χ0v) is 28.1. The second-order valence-electron chi connectivity index (χ2n) is 13.9. The van der Waals surface area contributed by atoms with Gasteiger partial charge in [-0.15, -0.1) is 0 Å². The largest absolute Gasteiger partial charge is 0.474 e. The lowest BCUT2D eigenvalue weighted by atomic mass is 9.84. The summed E-state index contributed by atoms with van der Waals surface area (Å²) in [4.78, 5) is 30.3. The fraction of sp³-hybridized carbons (Fsp3) is 0.588. The van der Waals surface area contributed by atoms with Gasteiger partial charge in [-0.25, -0.2) is 9.18 Å². The Morgan fingerprint density at radius 3 is 2.49 bits per heavy atom. The first-order valence-corrected chi connectivity index (χ1v) is 16.1. The van der Waals surface area contributed by atoms with Crippen LogP contribution in [-0.4, -0.2) is 92.2 Å². The van der Waals surface area contributed by atoms with Crippen LogP contribution in [0.2, 0.25) is 0 Å². The van der Waals surface area contributed by atoms with Gasteiger partial charge in [-0.2, -0.15) is 20.2 Å². The number of likely N-dealkylation sites (tertiary alicyclic amines) is 2. The number of nitrogens with zero attached hydrogens (tertiary/aromatic N) is 7. The number of likely N-dealkylation sites (N-methyl/N-ethyl adjacent to an activating group) is 1. The summed E-state index contributed by atoms with van der Waals surface area (Å²) in [5.74, 6) is 1.14.